The fourth-order valence-corrected chi connectivity index (χ4v) is 2.89. The average Bonchev–Trinajstić information content (AvgIpc) is 2.37. The summed E-state index contributed by atoms with van der Waals surface area (Å²) in [6.07, 6.45) is 2.48. The predicted octanol–water partition coefficient (Wildman–Crippen LogP) is 1.49. The Morgan fingerprint density at radius 1 is 1.35 bits per heavy atom. The molecule has 0 aromatic heterocycles. The molecule has 5 nitrogen and oxygen atoms in total. The van der Waals surface area contributed by atoms with Crippen LogP contribution < -0.4 is 15.2 Å². The van der Waals surface area contributed by atoms with Crippen molar-refractivity contribution in [2.24, 2.45) is 10.6 Å². The van der Waals surface area contributed by atoms with Gasteiger partial charge >= 0.3 is 0 Å². The highest BCUT2D eigenvalue weighted by molar-refractivity contribution is 7.89. The molecule has 0 radical (unpaired) electrons. The standard InChI is InChI=1S/C14H22N2O3S/c1-14(2)8-7-13(14)16-9-10-19-11-3-5-12(6-4-11)20(15,17)18/h3-6,13,16H,7-10H2,1-2H3,(H2,15,17,18)/t13-/m1/s1. The SMILES string of the molecule is CC1(C)CC[C@H]1NCCOc1ccc(S(N)(=O)=O)cc1. The van der Waals surface area contributed by atoms with Gasteiger partial charge in [0.1, 0.15) is 12.4 Å². The van der Waals surface area contributed by atoms with Gasteiger partial charge in [0.05, 0.1) is 4.90 Å². The van der Waals surface area contributed by atoms with Gasteiger partial charge in [-0.2, -0.15) is 0 Å². The van der Waals surface area contributed by atoms with Gasteiger partial charge in [-0.05, 0) is 42.5 Å². The molecule has 1 aromatic carbocycles. The van der Waals surface area contributed by atoms with Crippen molar-refractivity contribution in [2.45, 2.75) is 37.6 Å². The van der Waals surface area contributed by atoms with Crippen molar-refractivity contribution in [1.82, 2.24) is 5.32 Å². The Bertz CT molecular complexity index is 552. The maximum absolute atomic E-state index is 11.1. The van der Waals surface area contributed by atoms with Crippen LogP contribution >= 0.6 is 0 Å². The summed E-state index contributed by atoms with van der Waals surface area (Å²) in [7, 11) is -3.63. The van der Waals surface area contributed by atoms with Crippen LogP contribution in [0.1, 0.15) is 26.7 Å². The molecule has 20 heavy (non-hydrogen) atoms. The average molecular weight is 298 g/mol. The maximum Gasteiger partial charge on any atom is 0.238 e. The molecular weight excluding hydrogens is 276 g/mol. The highest BCUT2D eigenvalue weighted by Crippen LogP contribution is 2.39. The van der Waals surface area contributed by atoms with Crippen LogP contribution in [0.2, 0.25) is 0 Å². The fourth-order valence-electron chi connectivity index (χ4n) is 2.37. The number of hydrogen-bond donors (Lipinski definition) is 2. The van der Waals surface area contributed by atoms with Gasteiger partial charge in [0, 0.05) is 12.6 Å². The number of benzene rings is 1. The molecular formula is C14H22N2O3S. The Morgan fingerprint density at radius 2 is 2.00 bits per heavy atom. The van der Waals surface area contributed by atoms with Crippen LogP contribution in [0.4, 0.5) is 0 Å². The van der Waals surface area contributed by atoms with Crippen LogP contribution in [0.3, 0.4) is 0 Å². The first kappa shape index (κ1) is 15.3. The maximum atomic E-state index is 11.1. The molecule has 112 valence electrons. The van der Waals surface area contributed by atoms with E-state index < -0.39 is 10.0 Å². The Morgan fingerprint density at radius 3 is 2.45 bits per heavy atom. The van der Waals surface area contributed by atoms with E-state index in [-0.39, 0.29) is 4.90 Å². The van der Waals surface area contributed by atoms with E-state index in [1.54, 1.807) is 12.1 Å². The summed E-state index contributed by atoms with van der Waals surface area (Å²) in [5.74, 6) is 0.645. The highest BCUT2D eigenvalue weighted by atomic mass is 32.2. The third-order valence-corrected chi connectivity index (χ3v) is 4.86. The molecule has 1 aliphatic rings. The zero-order valence-corrected chi connectivity index (χ0v) is 12.7. The molecule has 0 bridgehead atoms. The Kier molecular flexibility index (Phi) is 4.36. The van der Waals surface area contributed by atoms with E-state index in [0.717, 1.165) is 6.54 Å². The van der Waals surface area contributed by atoms with Crippen molar-refractivity contribution >= 4 is 10.0 Å². The second kappa shape index (κ2) is 5.71. The molecule has 1 atom stereocenters. The molecule has 3 N–H and O–H groups in total. The lowest BCUT2D eigenvalue weighted by Crippen LogP contribution is -2.50. The van der Waals surface area contributed by atoms with Gasteiger partial charge in [0.25, 0.3) is 0 Å². The number of hydrogen-bond acceptors (Lipinski definition) is 4. The molecule has 0 unspecified atom stereocenters. The third-order valence-electron chi connectivity index (χ3n) is 3.93. The molecule has 2 rings (SSSR count). The van der Waals surface area contributed by atoms with E-state index in [0.29, 0.717) is 23.8 Å². The fraction of sp³-hybridized carbons (Fsp3) is 0.571. The number of sulfonamides is 1. The zero-order valence-electron chi connectivity index (χ0n) is 11.9. The van der Waals surface area contributed by atoms with Crippen LogP contribution in [0.15, 0.2) is 29.2 Å². The van der Waals surface area contributed by atoms with E-state index >= 15 is 0 Å². The Labute approximate surface area is 120 Å². The van der Waals surface area contributed by atoms with Crippen LogP contribution in [0.25, 0.3) is 0 Å². The summed E-state index contributed by atoms with van der Waals surface area (Å²) in [5.41, 5.74) is 0.386. The van der Waals surface area contributed by atoms with E-state index in [2.05, 4.69) is 19.2 Å². The first-order chi connectivity index (χ1) is 9.29. The van der Waals surface area contributed by atoms with Crippen molar-refractivity contribution in [2.75, 3.05) is 13.2 Å². The van der Waals surface area contributed by atoms with Gasteiger partial charge in [-0.15, -0.1) is 0 Å². The summed E-state index contributed by atoms with van der Waals surface area (Å²) < 4.78 is 27.8. The summed E-state index contributed by atoms with van der Waals surface area (Å²) in [6, 6.07) is 6.70. The van der Waals surface area contributed by atoms with Crippen LogP contribution in [-0.2, 0) is 10.0 Å². The molecule has 0 spiro atoms. The molecule has 0 aliphatic heterocycles. The van der Waals surface area contributed by atoms with Crippen LogP contribution in [0, 0.1) is 5.41 Å². The van der Waals surface area contributed by atoms with Gasteiger partial charge in [-0.25, -0.2) is 13.6 Å². The number of rotatable bonds is 6. The largest absolute Gasteiger partial charge is 0.492 e. The number of nitrogens with one attached hydrogen (secondary N) is 1. The van der Waals surface area contributed by atoms with Crippen molar-refractivity contribution in [3.8, 4) is 5.75 Å². The summed E-state index contributed by atoms with van der Waals surface area (Å²) in [4.78, 5) is 0.0965. The highest BCUT2D eigenvalue weighted by Gasteiger charge is 2.37. The van der Waals surface area contributed by atoms with Gasteiger partial charge in [0.15, 0.2) is 0 Å². The van der Waals surface area contributed by atoms with E-state index in [1.165, 1.54) is 25.0 Å². The number of nitrogens with two attached hydrogens (primary N) is 1. The molecule has 6 heteroatoms. The van der Waals surface area contributed by atoms with Crippen LogP contribution in [0.5, 0.6) is 5.75 Å². The normalized spacial score (nSPS) is 21.2. The lowest BCUT2D eigenvalue weighted by molar-refractivity contribution is 0.105. The monoisotopic (exact) mass is 298 g/mol. The third kappa shape index (κ3) is 3.71. The summed E-state index contributed by atoms with van der Waals surface area (Å²) in [5, 5.41) is 8.50. The van der Waals surface area contributed by atoms with Gasteiger partial charge in [-0.3, -0.25) is 0 Å². The lowest BCUT2D eigenvalue weighted by atomic mass is 9.67. The van der Waals surface area contributed by atoms with E-state index in [9.17, 15) is 8.42 Å². The van der Waals surface area contributed by atoms with Crippen molar-refractivity contribution < 1.29 is 13.2 Å². The second-order valence-electron chi connectivity index (χ2n) is 5.90. The quantitative estimate of drug-likeness (QED) is 0.780. The van der Waals surface area contributed by atoms with Crippen molar-refractivity contribution in [1.29, 1.82) is 0 Å². The van der Waals surface area contributed by atoms with Crippen molar-refractivity contribution in [3.05, 3.63) is 24.3 Å². The first-order valence-corrected chi connectivity index (χ1v) is 8.33. The first-order valence-electron chi connectivity index (χ1n) is 6.78. The second-order valence-corrected chi connectivity index (χ2v) is 7.46. The molecule has 1 aliphatic carbocycles. The Balaban J connectivity index is 1.75. The molecule has 0 amide bonds. The molecule has 1 fully saturated rings. The molecule has 1 saturated carbocycles. The van der Waals surface area contributed by atoms with Gasteiger partial charge in [0.2, 0.25) is 10.0 Å². The molecule has 0 saturated heterocycles. The smallest absolute Gasteiger partial charge is 0.238 e. The Hall–Kier alpha value is -1.11. The summed E-state index contributed by atoms with van der Waals surface area (Å²) >= 11 is 0. The minimum atomic E-state index is -3.63. The molecule has 1 aromatic rings. The minimum absolute atomic E-state index is 0.0965. The van der Waals surface area contributed by atoms with Crippen molar-refractivity contribution in [3.63, 3.8) is 0 Å². The number of ether oxygens (including phenoxy) is 1. The number of primary sulfonamides is 1. The van der Waals surface area contributed by atoms with Crippen LogP contribution in [-0.4, -0.2) is 27.6 Å². The summed E-state index contributed by atoms with van der Waals surface area (Å²) in [6.45, 7) is 5.87. The zero-order chi connectivity index (χ0) is 14.8. The predicted molar refractivity (Wildman–Crippen MR) is 78.1 cm³/mol. The van der Waals surface area contributed by atoms with E-state index in [1.807, 2.05) is 0 Å². The topological polar surface area (TPSA) is 81.4 Å². The van der Waals surface area contributed by atoms with E-state index in [4.69, 9.17) is 9.88 Å². The van der Waals surface area contributed by atoms with Gasteiger partial charge < -0.3 is 10.1 Å². The minimum Gasteiger partial charge on any atom is -0.492 e. The van der Waals surface area contributed by atoms with Gasteiger partial charge in [-0.1, -0.05) is 13.8 Å². The molecule has 0 heterocycles. The lowest BCUT2D eigenvalue weighted by Gasteiger charge is -2.45.